The number of halogens is 1. The number of rotatable bonds is 5. The third-order valence-corrected chi connectivity index (χ3v) is 5.98. The van der Waals surface area contributed by atoms with E-state index in [2.05, 4.69) is 49.6 Å². The fourth-order valence-corrected chi connectivity index (χ4v) is 4.17. The van der Waals surface area contributed by atoms with Gasteiger partial charge in [0.25, 0.3) is 0 Å². The molecule has 27 heavy (non-hydrogen) atoms. The first kappa shape index (κ1) is 18.5. The largest absolute Gasteiger partial charge is 0.378 e. The average Bonchev–Trinajstić information content (AvgIpc) is 3.26. The third-order valence-electron chi connectivity index (χ3n) is 5.73. The molecule has 0 spiro atoms. The van der Waals surface area contributed by atoms with Gasteiger partial charge in [-0.1, -0.05) is 30.7 Å². The molecule has 1 aliphatic rings. The number of hydrogen-bond acceptors (Lipinski definition) is 2. The maximum Gasteiger partial charge on any atom is 0.113 e. The zero-order chi connectivity index (χ0) is 19.0. The van der Waals surface area contributed by atoms with Crippen molar-refractivity contribution in [1.29, 1.82) is 0 Å². The lowest BCUT2D eigenvalue weighted by atomic mass is 10.0. The van der Waals surface area contributed by atoms with Gasteiger partial charge in [0.1, 0.15) is 5.82 Å². The lowest BCUT2D eigenvalue weighted by Crippen LogP contribution is -2.14. The van der Waals surface area contributed by atoms with E-state index in [9.17, 15) is 0 Å². The molecule has 0 saturated carbocycles. The Morgan fingerprint density at radius 1 is 1.19 bits per heavy atom. The quantitative estimate of drug-likeness (QED) is 0.538. The summed E-state index contributed by atoms with van der Waals surface area (Å²) in [5, 5.41) is 0.771. The molecule has 0 N–H and O–H groups in total. The van der Waals surface area contributed by atoms with Crippen LogP contribution in [0.1, 0.15) is 54.6 Å². The van der Waals surface area contributed by atoms with Crippen molar-refractivity contribution in [2.45, 2.75) is 58.6 Å². The van der Waals surface area contributed by atoms with Gasteiger partial charge in [-0.05, 0) is 74.1 Å². The van der Waals surface area contributed by atoms with E-state index in [0.717, 1.165) is 35.9 Å². The molecular weight excluding hydrogens is 356 g/mol. The van der Waals surface area contributed by atoms with Gasteiger partial charge >= 0.3 is 0 Å². The molecule has 2 atom stereocenters. The summed E-state index contributed by atoms with van der Waals surface area (Å²) in [6.07, 6.45) is 3.74. The van der Waals surface area contributed by atoms with E-state index in [1.165, 1.54) is 35.0 Å². The summed E-state index contributed by atoms with van der Waals surface area (Å²) < 4.78 is 8.26. The van der Waals surface area contributed by atoms with Gasteiger partial charge in [-0.2, -0.15) is 0 Å². The Hall–Kier alpha value is -1.84. The predicted octanol–water partition coefficient (Wildman–Crippen LogP) is 6.03. The molecule has 0 aliphatic carbocycles. The van der Waals surface area contributed by atoms with Crippen molar-refractivity contribution >= 4 is 22.6 Å². The summed E-state index contributed by atoms with van der Waals surface area (Å²) >= 11 is 6.07. The first-order valence-corrected chi connectivity index (χ1v) is 10.2. The molecule has 2 aromatic carbocycles. The predicted molar refractivity (Wildman–Crippen MR) is 112 cm³/mol. The standard InChI is InChI=1S/C23H27ClN2O/c1-15-12-21-22(13-16(15)2)26(14-18-6-8-19(24)9-7-18)23(25-21)17(3)11-20-5-4-10-27-20/h6-9,12-13,17,20H,4-5,10-11,14H2,1-3H3. The van der Waals surface area contributed by atoms with Crippen molar-refractivity contribution in [1.82, 2.24) is 9.55 Å². The number of benzene rings is 2. The fourth-order valence-electron chi connectivity index (χ4n) is 4.04. The van der Waals surface area contributed by atoms with E-state index >= 15 is 0 Å². The molecule has 0 bridgehead atoms. The second-order valence-electron chi connectivity index (χ2n) is 7.88. The molecule has 1 aromatic heterocycles. The van der Waals surface area contributed by atoms with E-state index in [-0.39, 0.29) is 0 Å². The highest BCUT2D eigenvalue weighted by molar-refractivity contribution is 6.30. The molecule has 1 aliphatic heterocycles. The molecule has 0 amide bonds. The van der Waals surface area contributed by atoms with Crippen LogP contribution in [0.3, 0.4) is 0 Å². The summed E-state index contributed by atoms with van der Waals surface area (Å²) in [5.74, 6) is 1.51. The summed E-state index contributed by atoms with van der Waals surface area (Å²) in [6, 6.07) is 12.6. The molecule has 1 fully saturated rings. The summed E-state index contributed by atoms with van der Waals surface area (Å²) in [4.78, 5) is 5.05. The molecule has 2 heterocycles. The minimum Gasteiger partial charge on any atom is -0.378 e. The van der Waals surface area contributed by atoms with Gasteiger partial charge in [0.05, 0.1) is 17.1 Å². The Morgan fingerprint density at radius 2 is 1.93 bits per heavy atom. The van der Waals surface area contributed by atoms with Gasteiger partial charge < -0.3 is 9.30 Å². The molecule has 3 nitrogen and oxygen atoms in total. The number of nitrogens with zero attached hydrogens (tertiary/aromatic N) is 2. The third kappa shape index (κ3) is 3.90. The maximum atomic E-state index is 6.07. The Kier molecular flexibility index (Phi) is 5.25. The maximum absolute atomic E-state index is 6.07. The van der Waals surface area contributed by atoms with Gasteiger partial charge in [-0.3, -0.25) is 0 Å². The first-order valence-electron chi connectivity index (χ1n) is 9.84. The van der Waals surface area contributed by atoms with Crippen LogP contribution in [0.25, 0.3) is 11.0 Å². The number of ether oxygens (including phenoxy) is 1. The molecule has 142 valence electrons. The molecule has 3 aromatic rings. The van der Waals surface area contributed by atoms with Gasteiger partial charge in [-0.25, -0.2) is 4.98 Å². The second-order valence-corrected chi connectivity index (χ2v) is 8.32. The van der Waals surface area contributed by atoms with Gasteiger partial charge in [-0.15, -0.1) is 0 Å². The fraction of sp³-hybridized carbons (Fsp3) is 0.435. The Labute approximate surface area is 166 Å². The monoisotopic (exact) mass is 382 g/mol. The highest BCUT2D eigenvalue weighted by Gasteiger charge is 2.23. The minimum absolute atomic E-state index is 0.355. The minimum atomic E-state index is 0.355. The Balaban J connectivity index is 1.74. The zero-order valence-corrected chi connectivity index (χ0v) is 17.1. The van der Waals surface area contributed by atoms with E-state index < -0.39 is 0 Å². The lowest BCUT2D eigenvalue weighted by molar-refractivity contribution is 0.0983. The first-order chi connectivity index (χ1) is 13.0. The van der Waals surface area contributed by atoms with Crippen LogP contribution >= 0.6 is 11.6 Å². The smallest absolute Gasteiger partial charge is 0.113 e. The van der Waals surface area contributed by atoms with Crippen molar-refractivity contribution in [3.05, 3.63) is 63.9 Å². The molecular formula is C23H27ClN2O. The molecule has 1 saturated heterocycles. The highest BCUT2D eigenvalue weighted by atomic mass is 35.5. The normalized spacial score (nSPS) is 18.3. The van der Waals surface area contributed by atoms with Crippen molar-refractivity contribution in [2.24, 2.45) is 0 Å². The molecule has 2 unspecified atom stereocenters. The van der Waals surface area contributed by atoms with Crippen molar-refractivity contribution in [2.75, 3.05) is 6.61 Å². The van der Waals surface area contributed by atoms with Gasteiger partial charge in [0.2, 0.25) is 0 Å². The van der Waals surface area contributed by atoms with E-state index in [0.29, 0.717) is 12.0 Å². The van der Waals surface area contributed by atoms with Crippen LogP contribution in [0.4, 0.5) is 0 Å². The van der Waals surface area contributed by atoms with Crippen LogP contribution in [-0.2, 0) is 11.3 Å². The van der Waals surface area contributed by atoms with Crippen molar-refractivity contribution in [3.63, 3.8) is 0 Å². The molecule has 4 rings (SSSR count). The Bertz CT molecular complexity index is 939. The highest BCUT2D eigenvalue weighted by Crippen LogP contribution is 2.30. The van der Waals surface area contributed by atoms with Gasteiger partial charge in [0, 0.05) is 24.1 Å². The summed E-state index contributed by atoms with van der Waals surface area (Å²) in [5.41, 5.74) is 6.13. The number of imidazole rings is 1. The zero-order valence-electron chi connectivity index (χ0n) is 16.3. The lowest BCUT2D eigenvalue weighted by Gasteiger charge is -2.18. The second kappa shape index (κ2) is 7.65. The number of fused-ring (bicyclic) bond motifs is 1. The Morgan fingerprint density at radius 3 is 2.63 bits per heavy atom. The van der Waals surface area contributed by atoms with E-state index in [4.69, 9.17) is 21.3 Å². The van der Waals surface area contributed by atoms with Crippen LogP contribution in [0, 0.1) is 13.8 Å². The van der Waals surface area contributed by atoms with Crippen LogP contribution in [0.15, 0.2) is 36.4 Å². The number of aryl methyl sites for hydroxylation is 2. The van der Waals surface area contributed by atoms with Crippen LogP contribution in [0.5, 0.6) is 0 Å². The van der Waals surface area contributed by atoms with Crippen LogP contribution < -0.4 is 0 Å². The topological polar surface area (TPSA) is 27.1 Å². The number of hydrogen-bond donors (Lipinski definition) is 0. The van der Waals surface area contributed by atoms with Crippen molar-refractivity contribution < 1.29 is 4.74 Å². The average molecular weight is 383 g/mol. The van der Waals surface area contributed by atoms with Crippen molar-refractivity contribution in [3.8, 4) is 0 Å². The number of aromatic nitrogens is 2. The van der Waals surface area contributed by atoms with Gasteiger partial charge in [0.15, 0.2) is 0 Å². The van der Waals surface area contributed by atoms with Crippen LogP contribution in [0.2, 0.25) is 5.02 Å². The van der Waals surface area contributed by atoms with E-state index in [1.807, 2.05) is 12.1 Å². The SMILES string of the molecule is Cc1cc2nc(C(C)CC3CCCO3)n(Cc3ccc(Cl)cc3)c2cc1C. The van der Waals surface area contributed by atoms with E-state index in [1.54, 1.807) is 0 Å². The summed E-state index contributed by atoms with van der Waals surface area (Å²) in [6.45, 7) is 8.31. The molecule has 4 heteroatoms. The van der Waals surface area contributed by atoms with Crippen LogP contribution in [-0.4, -0.2) is 22.3 Å². The molecule has 0 radical (unpaired) electrons. The summed E-state index contributed by atoms with van der Waals surface area (Å²) in [7, 11) is 0.